The molecule has 0 spiro atoms. The zero-order chi connectivity index (χ0) is 24.6. The second-order valence-electron chi connectivity index (χ2n) is 9.93. The highest BCUT2D eigenvalue weighted by atomic mass is 16.3. The average molecular weight is 470 g/mol. The van der Waals surface area contributed by atoms with E-state index in [1.807, 2.05) is 23.6 Å². The zero-order valence-corrected chi connectivity index (χ0v) is 20.6. The van der Waals surface area contributed by atoms with Crippen LogP contribution in [0.1, 0.15) is 62.8 Å². The van der Waals surface area contributed by atoms with Gasteiger partial charge in [0.1, 0.15) is 5.69 Å². The Morgan fingerprint density at radius 1 is 1.26 bits per heavy atom. The standard InChI is InChI=1S/C24H35N7O3/c1-15(9-11-32)29-12-17(3)30(13-16(29)2)23(34)31-14-18-20(24(31,4)5)27-28-21(18)26-22(33)19-8-6-7-10-25-19/h6-8,10,15-17,32H,9,11-14H2,1-5H3,(H2,26,27,28,33)/t15-,16-,17+/m1/s1. The Morgan fingerprint density at radius 2 is 2.03 bits per heavy atom. The molecular formula is C24H35N7O3. The number of carbonyl (C=O) groups is 2. The number of anilines is 1. The van der Waals surface area contributed by atoms with E-state index in [1.54, 1.807) is 24.4 Å². The normalized spacial score (nSPS) is 23.0. The maximum atomic E-state index is 13.8. The summed E-state index contributed by atoms with van der Waals surface area (Å²) in [4.78, 5) is 36.6. The lowest BCUT2D eigenvalue weighted by Crippen LogP contribution is -2.63. The molecule has 10 nitrogen and oxygen atoms in total. The molecule has 0 saturated carbocycles. The lowest BCUT2D eigenvalue weighted by atomic mass is 10.0. The number of hydrogen-bond donors (Lipinski definition) is 3. The smallest absolute Gasteiger partial charge is 0.321 e. The quantitative estimate of drug-likeness (QED) is 0.619. The molecular weight excluding hydrogens is 434 g/mol. The fourth-order valence-electron chi connectivity index (χ4n) is 5.14. The summed E-state index contributed by atoms with van der Waals surface area (Å²) in [6.45, 7) is 12.2. The van der Waals surface area contributed by atoms with Crippen molar-refractivity contribution in [2.24, 2.45) is 0 Å². The van der Waals surface area contributed by atoms with Crippen molar-refractivity contribution in [3.8, 4) is 0 Å². The summed E-state index contributed by atoms with van der Waals surface area (Å²) in [5.74, 6) is 0.0890. The van der Waals surface area contributed by atoms with Crippen LogP contribution < -0.4 is 5.32 Å². The molecule has 3 atom stereocenters. The number of rotatable bonds is 5. The number of piperazine rings is 1. The number of urea groups is 1. The number of aliphatic hydroxyl groups is 1. The Hall–Kier alpha value is -2.98. The summed E-state index contributed by atoms with van der Waals surface area (Å²) in [6.07, 6.45) is 2.29. The highest BCUT2D eigenvalue weighted by Gasteiger charge is 2.47. The average Bonchev–Trinajstić information content (AvgIpc) is 3.33. The first-order chi connectivity index (χ1) is 16.1. The van der Waals surface area contributed by atoms with E-state index in [1.165, 1.54) is 0 Å². The second kappa shape index (κ2) is 9.34. The van der Waals surface area contributed by atoms with Gasteiger partial charge in [-0.1, -0.05) is 6.07 Å². The Balaban J connectivity index is 1.50. The molecule has 0 aliphatic carbocycles. The molecule has 0 radical (unpaired) electrons. The number of aromatic amines is 1. The van der Waals surface area contributed by atoms with Gasteiger partial charge < -0.3 is 20.2 Å². The predicted molar refractivity (Wildman–Crippen MR) is 128 cm³/mol. The summed E-state index contributed by atoms with van der Waals surface area (Å²) in [5, 5.41) is 19.5. The molecule has 3 amide bonds. The van der Waals surface area contributed by atoms with Crippen molar-refractivity contribution < 1.29 is 14.7 Å². The monoisotopic (exact) mass is 469 g/mol. The van der Waals surface area contributed by atoms with Crippen LogP contribution in [0.4, 0.5) is 10.6 Å². The number of aromatic nitrogens is 3. The van der Waals surface area contributed by atoms with Crippen molar-refractivity contribution in [3.05, 3.63) is 41.3 Å². The van der Waals surface area contributed by atoms with Crippen LogP contribution in [0.2, 0.25) is 0 Å². The van der Waals surface area contributed by atoms with Crippen LogP contribution >= 0.6 is 0 Å². The predicted octanol–water partition coefficient (Wildman–Crippen LogP) is 2.39. The molecule has 2 aliphatic rings. The van der Waals surface area contributed by atoms with E-state index >= 15 is 0 Å². The van der Waals surface area contributed by atoms with Gasteiger partial charge in [-0.2, -0.15) is 5.10 Å². The van der Waals surface area contributed by atoms with Gasteiger partial charge in [0.15, 0.2) is 5.82 Å². The lowest BCUT2D eigenvalue weighted by molar-refractivity contribution is 0.0131. The molecule has 184 valence electrons. The first-order valence-electron chi connectivity index (χ1n) is 11.9. The second-order valence-corrected chi connectivity index (χ2v) is 9.93. The number of fused-ring (bicyclic) bond motifs is 1. The minimum absolute atomic E-state index is 0.0228. The minimum atomic E-state index is -0.600. The molecule has 0 aromatic carbocycles. The van der Waals surface area contributed by atoms with Crippen molar-refractivity contribution in [1.29, 1.82) is 0 Å². The van der Waals surface area contributed by atoms with E-state index in [0.29, 0.717) is 24.6 Å². The van der Waals surface area contributed by atoms with E-state index in [-0.39, 0.29) is 36.7 Å². The first-order valence-corrected chi connectivity index (χ1v) is 11.9. The van der Waals surface area contributed by atoms with Crippen molar-refractivity contribution in [3.63, 3.8) is 0 Å². The summed E-state index contributed by atoms with van der Waals surface area (Å²) < 4.78 is 0. The van der Waals surface area contributed by atoms with Crippen LogP contribution in [-0.2, 0) is 12.1 Å². The largest absolute Gasteiger partial charge is 0.396 e. The van der Waals surface area contributed by atoms with E-state index in [0.717, 1.165) is 24.2 Å². The molecule has 1 fully saturated rings. The van der Waals surface area contributed by atoms with Gasteiger partial charge in [-0.05, 0) is 53.2 Å². The third-order valence-electron chi connectivity index (χ3n) is 7.22. The van der Waals surface area contributed by atoms with Gasteiger partial charge in [0.2, 0.25) is 0 Å². The molecule has 0 unspecified atom stereocenters. The Labute approximate surface area is 200 Å². The molecule has 3 N–H and O–H groups in total. The molecule has 1 saturated heterocycles. The summed E-state index contributed by atoms with van der Waals surface area (Å²) in [5.41, 5.74) is 1.35. The van der Waals surface area contributed by atoms with Crippen LogP contribution in [-0.4, -0.2) is 84.7 Å². The van der Waals surface area contributed by atoms with E-state index in [2.05, 4.69) is 46.2 Å². The number of nitrogens with zero attached hydrogens (tertiary/aromatic N) is 5. The first kappa shape index (κ1) is 24.2. The van der Waals surface area contributed by atoms with Gasteiger partial charge in [0.25, 0.3) is 5.91 Å². The number of H-pyrrole nitrogens is 1. The third kappa shape index (κ3) is 4.27. The number of carbonyl (C=O) groups excluding carboxylic acids is 2. The van der Waals surface area contributed by atoms with Crippen LogP contribution in [0.3, 0.4) is 0 Å². The highest BCUT2D eigenvalue weighted by molar-refractivity contribution is 6.02. The van der Waals surface area contributed by atoms with Crippen LogP contribution in [0.5, 0.6) is 0 Å². The van der Waals surface area contributed by atoms with Gasteiger partial charge in [0.05, 0.1) is 17.8 Å². The Bertz CT molecular complexity index is 1040. The minimum Gasteiger partial charge on any atom is -0.396 e. The van der Waals surface area contributed by atoms with Crippen molar-refractivity contribution in [1.82, 2.24) is 29.9 Å². The molecule has 4 rings (SSSR count). The molecule has 2 aromatic rings. The van der Waals surface area contributed by atoms with Crippen molar-refractivity contribution >= 4 is 17.8 Å². The molecule has 2 aliphatic heterocycles. The zero-order valence-electron chi connectivity index (χ0n) is 20.6. The summed E-state index contributed by atoms with van der Waals surface area (Å²) >= 11 is 0. The van der Waals surface area contributed by atoms with Crippen LogP contribution in [0, 0.1) is 0 Å². The number of hydrogen-bond acceptors (Lipinski definition) is 6. The Morgan fingerprint density at radius 3 is 2.71 bits per heavy atom. The van der Waals surface area contributed by atoms with Crippen molar-refractivity contribution in [2.75, 3.05) is 25.0 Å². The number of pyridine rings is 1. The van der Waals surface area contributed by atoms with E-state index in [4.69, 9.17) is 0 Å². The summed E-state index contributed by atoms with van der Waals surface area (Å²) in [7, 11) is 0. The molecule has 0 bridgehead atoms. The lowest BCUT2D eigenvalue weighted by Gasteiger charge is -2.48. The topological polar surface area (TPSA) is 118 Å². The van der Waals surface area contributed by atoms with E-state index in [9.17, 15) is 14.7 Å². The van der Waals surface area contributed by atoms with Gasteiger partial charge in [-0.15, -0.1) is 0 Å². The fraction of sp³-hybridized carbons (Fsp3) is 0.583. The maximum Gasteiger partial charge on any atom is 0.321 e. The van der Waals surface area contributed by atoms with Gasteiger partial charge in [-0.3, -0.25) is 19.8 Å². The van der Waals surface area contributed by atoms with Gasteiger partial charge in [-0.25, -0.2) is 4.79 Å². The molecule has 2 aromatic heterocycles. The molecule has 10 heteroatoms. The van der Waals surface area contributed by atoms with Crippen molar-refractivity contribution in [2.45, 2.75) is 71.2 Å². The van der Waals surface area contributed by atoms with Crippen LogP contribution in [0.15, 0.2) is 24.4 Å². The number of nitrogens with one attached hydrogen (secondary N) is 2. The van der Waals surface area contributed by atoms with Crippen LogP contribution in [0.25, 0.3) is 0 Å². The van der Waals surface area contributed by atoms with Gasteiger partial charge >= 0.3 is 6.03 Å². The molecule has 4 heterocycles. The number of aliphatic hydroxyl groups excluding tert-OH is 1. The fourth-order valence-corrected chi connectivity index (χ4v) is 5.14. The number of amides is 3. The Kier molecular flexibility index (Phi) is 6.64. The third-order valence-corrected chi connectivity index (χ3v) is 7.22. The van der Waals surface area contributed by atoms with E-state index < -0.39 is 5.54 Å². The highest BCUT2D eigenvalue weighted by Crippen LogP contribution is 2.41. The van der Waals surface area contributed by atoms with Gasteiger partial charge in [0, 0.05) is 49.6 Å². The maximum absolute atomic E-state index is 13.8. The summed E-state index contributed by atoms with van der Waals surface area (Å²) in [6, 6.07) is 5.63. The SMILES string of the molecule is C[C@H](CCO)N1C[C@H](C)N(C(=O)N2Cc3c(NC(=O)c4ccccn4)n[nH]c3C2(C)C)C[C@H]1C. The molecule has 34 heavy (non-hydrogen) atoms.